The van der Waals surface area contributed by atoms with E-state index in [0.29, 0.717) is 24.3 Å². The number of aromatic nitrogens is 1. The van der Waals surface area contributed by atoms with Crippen LogP contribution in [-0.4, -0.2) is 41.3 Å². The molecule has 2 amide bonds. The number of hydrogen-bond donors (Lipinski definition) is 2. The van der Waals surface area contributed by atoms with E-state index in [1.807, 2.05) is 17.0 Å². The van der Waals surface area contributed by atoms with Crippen molar-refractivity contribution in [3.63, 3.8) is 0 Å². The van der Waals surface area contributed by atoms with Crippen LogP contribution >= 0.6 is 12.4 Å². The predicted octanol–water partition coefficient (Wildman–Crippen LogP) is 2.25. The van der Waals surface area contributed by atoms with Crippen LogP contribution in [0.2, 0.25) is 0 Å². The molecule has 0 radical (unpaired) electrons. The summed E-state index contributed by atoms with van der Waals surface area (Å²) in [5.74, 6) is -0.146. The summed E-state index contributed by atoms with van der Waals surface area (Å²) in [5, 5.41) is 6.03. The summed E-state index contributed by atoms with van der Waals surface area (Å²) in [6.45, 7) is 3.58. The molecule has 132 valence electrons. The first-order valence-electron chi connectivity index (χ1n) is 7.94. The minimum Gasteiger partial charge on any atom is -0.329 e. The molecule has 25 heavy (non-hydrogen) atoms. The van der Waals surface area contributed by atoms with Crippen molar-refractivity contribution in [2.24, 2.45) is 0 Å². The molecular formula is C18H21ClN4O2. The smallest absolute Gasteiger partial charge is 0.254 e. The first-order chi connectivity index (χ1) is 11.6. The molecule has 2 aromatic rings. The van der Waals surface area contributed by atoms with Gasteiger partial charge in [-0.2, -0.15) is 0 Å². The second-order valence-corrected chi connectivity index (χ2v) is 5.76. The lowest BCUT2D eigenvalue weighted by Gasteiger charge is -2.36. The van der Waals surface area contributed by atoms with E-state index in [1.165, 1.54) is 6.92 Å². The lowest BCUT2D eigenvalue weighted by Crippen LogP contribution is -2.48. The van der Waals surface area contributed by atoms with Crippen molar-refractivity contribution in [2.75, 3.05) is 25.0 Å². The molecule has 2 N–H and O–H groups in total. The van der Waals surface area contributed by atoms with Gasteiger partial charge in [0.25, 0.3) is 5.91 Å². The minimum absolute atomic E-state index is 0. The Balaban J connectivity index is 0.00000225. The first-order valence-corrected chi connectivity index (χ1v) is 7.94. The monoisotopic (exact) mass is 360 g/mol. The number of halogens is 1. The highest BCUT2D eigenvalue weighted by molar-refractivity contribution is 5.95. The molecule has 1 atom stereocenters. The lowest BCUT2D eigenvalue weighted by atomic mass is 10.0. The molecule has 1 aromatic heterocycles. The highest BCUT2D eigenvalue weighted by atomic mass is 35.5. The molecule has 7 heteroatoms. The van der Waals surface area contributed by atoms with Crippen LogP contribution in [0.5, 0.6) is 0 Å². The molecule has 6 nitrogen and oxygen atoms in total. The van der Waals surface area contributed by atoms with Crippen molar-refractivity contribution >= 4 is 29.9 Å². The van der Waals surface area contributed by atoms with Gasteiger partial charge in [0, 0.05) is 50.2 Å². The largest absolute Gasteiger partial charge is 0.329 e. The quantitative estimate of drug-likeness (QED) is 0.880. The van der Waals surface area contributed by atoms with Crippen LogP contribution in [-0.2, 0) is 4.79 Å². The Morgan fingerprint density at radius 1 is 1.24 bits per heavy atom. The van der Waals surface area contributed by atoms with Gasteiger partial charge in [0.2, 0.25) is 5.91 Å². The molecule has 3 rings (SSSR count). The van der Waals surface area contributed by atoms with Crippen LogP contribution in [0.3, 0.4) is 0 Å². The molecule has 1 aromatic carbocycles. The van der Waals surface area contributed by atoms with Crippen molar-refractivity contribution in [1.29, 1.82) is 0 Å². The van der Waals surface area contributed by atoms with E-state index in [0.717, 1.165) is 12.1 Å². The predicted molar refractivity (Wildman–Crippen MR) is 98.9 cm³/mol. The maximum atomic E-state index is 12.9. The summed E-state index contributed by atoms with van der Waals surface area (Å²) in [4.78, 5) is 30.0. The highest BCUT2D eigenvalue weighted by Crippen LogP contribution is 2.24. The van der Waals surface area contributed by atoms with Crippen molar-refractivity contribution in [3.05, 3.63) is 59.9 Å². The van der Waals surface area contributed by atoms with Gasteiger partial charge in [-0.1, -0.05) is 6.07 Å². The molecule has 0 spiro atoms. The maximum Gasteiger partial charge on any atom is 0.254 e. The number of carbonyl (C=O) groups excluding carboxylic acids is 2. The molecule has 0 saturated carbocycles. The van der Waals surface area contributed by atoms with Gasteiger partial charge < -0.3 is 15.5 Å². The maximum absolute atomic E-state index is 12.9. The number of pyridine rings is 1. The molecule has 1 aliphatic rings. The third kappa shape index (κ3) is 4.55. The lowest BCUT2D eigenvalue weighted by molar-refractivity contribution is -0.114. The number of hydrogen-bond acceptors (Lipinski definition) is 4. The normalized spacial score (nSPS) is 16.7. The Morgan fingerprint density at radius 2 is 2.00 bits per heavy atom. The fourth-order valence-electron chi connectivity index (χ4n) is 2.88. The average Bonchev–Trinajstić information content (AvgIpc) is 2.62. The zero-order valence-electron chi connectivity index (χ0n) is 13.9. The number of carbonyl (C=O) groups is 2. The summed E-state index contributed by atoms with van der Waals surface area (Å²) in [6.07, 6.45) is 3.53. The minimum atomic E-state index is -0.132. The standard InChI is InChI=1S/C18H20N4O2.ClH/c1-13(23)21-16-6-4-14(5-7-16)18(24)22-10-9-20-12-17(22)15-3-2-8-19-11-15;/h2-8,11,17,20H,9-10,12H2,1H3,(H,21,23);1H. The van der Waals surface area contributed by atoms with E-state index in [1.54, 1.807) is 36.7 Å². The Kier molecular flexibility index (Phi) is 6.50. The van der Waals surface area contributed by atoms with E-state index >= 15 is 0 Å². The van der Waals surface area contributed by atoms with E-state index in [-0.39, 0.29) is 30.3 Å². The van der Waals surface area contributed by atoms with Crippen molar-refractivity contribution in [1.82, 2.24) is 15.2 Å². The molecule has 2 heterocycles. The molecule has 0 aliphatic carbocycles. The second-order valence-electron chi connectivity index (χ2n) is 5.76. The third-order valence-corrected chi connectivity index (χ3v) is 4.03. The van der Waals surface area contributed by atoms with Crippen LogP contribution in [0.1, 0.15) is 28.9 Å². The van der Waals surface area contributed by atoms with Gasteiger partial charge in [-0.05, 0) is 35.9 Å². The zero-order chi connectivity index (χ0) is 16.9. The fourth-order valence-corrected chi connectivity index (χ4v) is 2.88. The summed E-state index contributed by atoms with van der Waals surface area (Å²) in [6, 6.07) is 10.8. The van der Waals surface area contributed by atoms with Gasteiger partial charge in [0.1, 0.15) is 0 Å². The zero-order valence-corrected chi connectivity index (χ0v) is 14.8. The first kappa shape index (κ1) is 18.9. The van der Waals surface area contributed by atoms with Crippen molar-refractivity contribution < 1.29 is 9.59 Å². The van der Waals surface area contributed by atoms with E-state index < -0.39 is 0 Å². The fraction of sp³-hybridized carbons (Fsp3) is 0.278. The molecular weight excluding hydrogens is 340 g/mol. The topological polar surface area (TPSA) is 74.3 Å². The molecule has 1 saturated heterocycles. The molecule has 1 fully saturated rings. The summed E-state index contributed by atoms with van der Waals surface area (Å²) in [7, 11) is 0. The van der Waals surface area contributed by atoms with Crippen LogP contribution in [0, 0.1) is 0 Å². The number of amides is 2. The number of benzene rings is 1. The van der Waals surface area contributed by atoms with Gasteiger partial charge in [0.15, 0.2) is 0 Å². The van der Waals surface area contributed by atoms with Gasteiger partial charge >= 0.3 is 0 Å². The summed E-state index contributed by atoms with van der Waals surface area (Å²) < 4.78 is 0. The number of anilines is 1. The Hall–Kier alpha value is -2.44. The van der Waals surface area contributed by atoms with Gasteiger partial charge in [-0.3, -0.25) is 14.6 Å². The number of rotatable bonds is 3. The summed E-state index contributed by atoms with van der Waals surface area (Å²) >= 11 is 0. The number of nitrogens with zero attached hydrogens (tertiary/aromatic N) is 2. The van der Waals surface area contributed by atoms with Gasteiger partial charge in [-0.25, -0.2) is 0 Å². The van der Waals surface area contributed by atoms with Crippen LogP contribution < -0.4 is 10.6 Å². The van der Waals surface area contributed by atoms with Crippen molar-refractivity contribution in [3.8, 4) is 0 Å². The van der Waals surface area contributed by atoms with Crippen molar-refractivity contribution in [2.45, 2.75) is 13.0 Å². The second kappa shape index (κ2) is 8.60. The Labute approximate surface area is 153 Å². The van der Waals surface area contributed by atoms with Gasteiger partial charge in [0.05, 0.1) is 6.04 Å². The Bertz CT molecular complexity index is 722. The number of nitrogens with one attached hydrogen (secondary N) is 2. The van der Waals surface area contributed by atoms with Crippen LogP contribution in [0.25, 0.3) is 0 Å². The molecule has 1 unspecified atom stereocenters. The Morgan fingerprint density at radius 3 is 2.64 bits per heavy atom. The average molecular weight is 361 g/mol. The number of piperazine rings is 1. The SMILES string of the molecule is CC(=O)Nc1ccc(C(=O)N2CCNCC2c2cccnc2)cc1.Cl. The molecule has 1 aliphatic heterocycles. The summed E-state index contributed by atoms with van der Waals surface area (Å²) in [5.41, 5.74) is 2.32. The highest BCUT2D eigenvalue weighted by Gasteiger charge is 2.28. The van der Waals surface area contributed by atoms with E-state index in [2.05, 4.69) is 15.6 Å². The molecule has 0 bridgehead atoms. The van der Waals surface area contributed by atoms with Crippen LogP contribution in [0.4, 0.5) is 5.69 Å². The van der Waals surface area contributed by atoms with E-state index in [9.17, 15) is 9.59 Å². The van der Waals surface area contributed by atoms with Gasteiger partial charge in [-0.15, -0.1) is 12.4 Å². The van der Waals surface area contributed by atoms with Crippen LogP contribution in [0.15, 0.2) is 48.8 Å². The third-order valence-electron chi connectivity index (χ3n) is 4.03. The van der Waals surface area contributed by atoms with E-state index in [4.69, 9.17) is 0 Å².